The Morgan fingerprint density at radius 3 is 2.00 bits per heavy atom. The number of methoxy groups -OCH3 is 1. The molecule has 3 nitrogen and oxygen atoms in total. The Bertz CT molecular complexity index is 579. The molecule has 0 aliphatic rings. The maximum absolute atomic E-state index is 11.3. The van der Waals surface area contributed by atoms with Gasteiger partial charge in [0, 0.05) is 0 Å². The molecule has 1 unspecified atom stereocenters. The summed E-state index contributed by atoms with van der Waals surface area (Å²) in [5.41, 5.74) is 10.4. The number of rotatable bonds is 4. The summed E-state index contributed by atoms with van der Waals surface area (Å²) in [6.07, 6.45) is 0.487. The van der Waals surface area contributed by atoms with Crippen molar-refractivity contribution < 1.29 is 9.53 Å². The van der Waals surface area contributed by atoms with Crippen LogP contribution in [0, 0.1) is 6.92 Å². The lowest BCUT2D eigenvalue weighted by atomic mass is 10.0. The predicted molar refractivity (Wildman–Crippen MR) is 87.6 cm³/mol. The number of nitrogens with two attached hydrogens (primary N) is 1. The third-order valence-electron chi connectivity index (χ3n) is 3.30. The lowest BCUT2D eigenvalue weighted by molar-refractivity contribution is -0.142. The number of halogens is 1. The van der Waals surface area contributed by atoms with Crippen molar-refractivity contribution in [2.45, 2.75) is 19.4 Å². The Labute approximate surface area is 131 Å². The summed E-state index contributed by atoms with van der Waals surface area (Å²) in [7, 11) is 1.35. The van der Waals surface area contributed by atoms with Crippen LogP contribution in [0.15, 0.2) is 48.5 Å². The lowest BCUT2D eigenvalue weighted by Crippen LogP contribution is -2.33. The molecular weight excluding hydrogens is 286 g/mol. The minimum absolute atomic E-state index is 0. The average molecular weight is 306 g/mol. The summed E-state index contributed by atoms with van der Waals surface area (Å²) in [4.78, 5) is 11.3. The van der Waals surface area contributed by atoms with Crippen LogP contribution in [0.4, 0.5) is 0 Å². The van der Waals surface area contributed by atoms with Gasteiger partial charge in [0.15, 0.2) is 0 Å². The smallest absolute Gasteiger partial charge is 0.322 e. The highest BCUT2D eigenvalue weighted by Crippen LogP contribution is 2.20. The van der Waals surface area contributed by atoms with Gasteiger partial charge in [-0.05, 0) is 30.0 Å². The van der Waals surface area contributed by atoms with Crippen molar-refractivity contribution in [2.75, 3.05) is 7.11 Å². The minimum Gasteiger partial charge on any atom is -0.468 e. The molecule has 112 valence electrons. The van der Waals surface area contributed by atoms with E-state index in [0.29, 0.717) is 6.42 Å². The highest BCUT2D eigenvalue weighted by Gasteiger charge is 2.13. The maximum atomic E-state index is 11.3. The van der Waals surface area contributed by atoms with E-state index in [4.69, 9.17) is 5.73 Å². The van der Waals surface area contributed by atoms with E-state index < -0.39 is 6.04 Å². The largest absolute Gasteiger partial charge is 0.468 e. The second-order valence-corrected chi connectivity index (χ2v) is 4.90. The van der Waals surface area contributed by atoms with Crippen LogP contribution in [0.5, 0.6) is 0 Å². The summed E-state index contributed by atoms with van der Waals surface area (Å²) in [6.45, 7) is 2.07. The molecular formula is C17H20ClNO2. The van der Waals surface area contributed by atoms with Gasteiger partial charge in [-0.25, -0.2) is 0 Å². The van der Waals surface area contributed by atoms with E-state index in [-0.39, 0.29) is 18.4 Å². The van der Waals surface area contributed by atoms with Crippen molar-refractivity contribution in [3.05, 3.63) is 59.7 Å². The number of hydrogen-bond donors (Lipinski definition) is 1. The molecule has 0 bridgehead atoms. The molecule has 0 aliphatic heterocycles. The Hall–Kier alpha value is -1.84. The van der Waals surface area contributed by atoms with Crippen molar-refractivity contribution in [3.63, 3.8) is 0 Å². The fourth-order valence-electron chi connectivity index (χ4n) is 2.07. The highest BCUT2D eigenvalue weighted by atomic mass is 35.5. The molecule has 0 radical (unpaired) electrons. The third kappa shape index (κ3) is 4.59. The van der Waals surface area contributed by atoms with Gasteiger partial charge in [-0.1, -0.05) is 54.1 Å². The first-order chi connectivity index (χ1) is 9.60. The number of ether oxygens (including phenoxy) is 1. The first kappa shape index (κ1) is 17.2. The first-order valence-electron chi connectivity index (χ1n) is 6.59. The van der Waals surface area contributed by atoms with Gasteiger partial charge in [0.1, 0.15) is 6.04 Å². The zero-order chi connectivity index (χ0) is 14.5. The van der Waals surface area contributed by atoms with Gasteiger partial charge in [0.25, 0.3) is 0 Å². The Balaban J connectivity index is 0.00000220. The van der Waals surface area contributed by atoms with Crippen LogP contribution in [-0.2, 0) is 16.0 Å². The van der Waals surface area contributed by atoms with E-state index in [9.17, 15) is 4.79 Å². The van der Waals surface area contributed by atoms with Crippen LogP contribution in [0.1, 0.15) is 11.1 Å². The second kappa shape index (κ2) is 7.81. The number of aryl methyl sites for hydroxylation is 1. The molecule has 0 saturated carbocycles. The van der Waals surface area contributed by atoms with Gasteiger partial charge in [-0.3, -0.25) is 4.79 Å². The van der Waals surface area contributed by atoms with Gasteiger partial charge in [-0.15, -0.1) is 12.4 Å². The zero-order valence-electron chi connectivity index (χ0n) is 12.2. The van der Waals surface area contributed by atoms with E-state index in [1.807, 2.05) is 24.3 Å². The van der Waals surface area contributed by atoms with Crippen molar-refractivity contribution in [1.29, 1.82) is 0 Å². The molecule has 2 rings (SSSR count). The standard InChI is InChI=1S/C17H19NO2.ClH/c1-12-3-7-14(8-4-12)15-9-5-13(6-10-15)11-16(18)17(19)20-2;/h3-10,16H,11,18H2,1-2H3;1H. The van der Waals surface area contributed by atoms with Crippen LogP contribution in [0.25, 0.3) is 11.1 Å². The number of esters is 1. The van der Waals surface area contributed by atoms with Crippen LogP contribution in [-0.4, -0.2) is 19.1 Å². The lowest BCUT2D eigenvalue weighted by Gasteiger charge is -2.10. The summed E-state index contributed by atoms with van der Waals surface area (Å²) in [5.74, 6) is -0.382. The number of carbonyl (C=O) groups excluding carboxylic acids is 1. The molecule has 0 saturated heterocycles. The minimum atomic E-state index is -0.606. The quantitative estimate of drug-likeness (QED) is 0.883. The molecule has 2 aromatic rings. The van der Waals surface area contributed by atoms with Crippen LogP contribution in [0.2, 0.25) is 0 Å². The van der Waals surface area contributed by atoms with E-state index in [1.165, 1.54) is 18.2 Å². The summed E-state index contributed by atoms with van der Waals surface area (Å²) < 4.78 is 4.62. The molecule has 1 atom stereocenters. The van der Waals surface area contributed by atoms with E-state index in [1.54, 1.807) is 0 Å². The number of carbonyl (C=O) groups is 1. The summed E-state index contributed by atoms with van der Waals surface area (Å²) in [5, 5.41) is 0. The zero-order valence-corrected chi connectivity index (χ0v) is 13.0. The first-order valence-corrected chi connectivity index (χ1v) is 6.59. The van der Waals surface area contributed by atoms with Crippen LogP contribution < -0.4 is 5.73 Å². The van der Waals surface area contributed by atoms with E-state index in [2.05, 4.69) is 35.9 Å². The van der Waals surface area contributed by atoms with E-state index >= 15 is 0 Å². The molecule has 2 N–H and O–H groups in total. The Kier molecular flexibility index (Phi) is 6.40. The molecule has 4 heteroatoms. The number of hydrogen-bond acceptors (Lipinski definition) is 3. The maximum Gasteiger partial charge on any atom is 0.322 e. The molecule has 0 amide bonds. The van der Waals surface area contributed by atoms with Crippen LogP contribution >= 0.6 is 12.4 Å². The highest BCUT2D eigenvalue weighted by molar-refractivity contribution is 5.85. The molecule has 21 heavy (non-hydrogen) atoms. The van der Waals surface area contributed by atoms with Gasteiger partial charge in [0.05, 0.1) is 7.11 Å². The molecule has 0 aromatic heterocycles. The summed E-state index contributed by atoms with van der Waals surface area (Å²) >= 11 is 0. The monoisotopic (exact) mass is 305 g/mol. The van der Waals surface area contributed by atoms with Crippen molar-refractivity contribution >= 4 is 18.4 Å². The van der Waals surface area contributed by atoms with E-state index in [0.717, 1.165) is 11.1 Å². The Morgan fingerprint density at radius 2 is 1.52 bits per heavy atom. The van der Waals surface area contributed by atoms with Crippen molar-refractivity contribution in [1.82, 2.24) is 0 Å². The molecule has 0 aliphatic carbocycles. The fourth-order valence-corrected chi connectivity index (χ4v) is 2.07. The normalized spacial score (nSPS) is 11.4. The Morgan fingerprint density at radius 1 is 1.05 bits per heavy atom. The van der Waals surface area contributed by atoms with Gasteiger partial charge < -0.3 is 10.5 Å². The molecule has 2 aromatic carbocycles. The summed E-state index contributed by atoms with van der Waals surface area (Å²) in [6, 6.07) is 15.9. The van der Waals surface area contributed by atoms with Crippen molar-refractivity contribution in [2.24, 2.45) is 5.73 Å². The fraction of sp³-hybridized carbons (Fsp3) is 0.235. The van der Waals surface area contributed by atoms with Crippen molar-refractivity contribution in [3.8, 4) is 11.1 Å². The second-order valence-electron chi connectivity index (χ2n) is 4.90. The number of benzene rings is 2. The van der Waals surface area contributed by atoms with Gasteiger partial charge in [0.2, 0.25) is 0 Å². The van der Waals surface area contributed by atoms with Crippen LogP contribution in [0.3, 0.4) is 0 Å². The SMILES string of the molecule is COC(=O)C(N)Cc1ccc(-c2ccc(C)cc2)cc1.Cl. The molecule has 0 spiro atoms. The third-order valence-corrected chi connectivity index (χ3v) is 3.30. The molecule has 0 heterocycles. The average Bonchev–Trinajstić information content (AvgIpc) is 2.48. The van der Waals surface area contributed by atoms with Gasteiger partial charge in [-0.2, -0.15) is 0 Å². The van der Waals surface area contributed by atoms with Gasteiger partial charge >= 0.3 is 5.97 Å². The topological polar surface area (TPSA) is 52.3 Å². The molecule has 0 fully saturated rings. The predicted octanol–water partition coefficient (Wildman–Crippen LogP) is 3.13.